The molecule has 5 heteroatoms. The van der Waals surface area contributed by atoms with Gasteiger partial charge in [-0.05, 0) is 79.3 Å². The van der Waals surface area contributed by atoms with E-state index in [2.05, 4.69) is 6.92 Å². The third-order valence-electron chi connectivity index (χ3n) is 5.78. The van der Waals surface area contributed by atoms with Gasteiger partial charge in [0.05, 0.1) is 5.60 Å². The zero-order valence-corrected chi connectivity index (χ0v) is 16.3. The lowest BCUT2D eigenvalue weighted by molar-refractivity contribution is -0.0155. The Kier molecular flexibility index (Phi) is 6.13. The molecule has 152 valence electrons. The van der Waals surface area contributed by atoms with E-state index in [1.165, 1.54) is 6.07 Å². The molecule has 0 saturated heterocycles. The van der Waals surface area contributed by atoms with Crippen molar-refractivity contribution in [2.45, 2.75) is 64.4 Å². The number of aryl methyl sites for hydroxylation is 1. The predicted molar refractivity (Wildman–Crippen MR) is 101 cm³/mol. The Bertz CT molecular complexity index is 854. The molecule has 0 aromatic heterocycles. The summed E-state index contributed by atoms with van der Waals surface area (Å²) in [6.07, 6.45) is 3.43. The third-order valence-corrected chi connectivity index (χ3v) is 5.78. The van der Waals surface area contributed by atoms with Crippen molar-refractivity contribution in [2.24, 2.45) is 5.92 Å². The zero-order valence-electron chi connectivity index (χ0n) is 16.3. The van der Waals surface area contributed by atoms with Gasteiger partial charge in [-0.25, -0.2) is 17.6 Å². The fourth-order valence-corrected chi connectivity index (χ4v) is 4.09. The van der Waals surface area contributed by atoms with E-state index >= 15 is 0 Å². The summed E-state index contributed by atoms with van der Waals surface area (Å²) in [5.41, 5.74) is -0.238. The summed E-state index contributed by atoms with van der Waals surface area (Å²) >= 11 is 0. The third kappa shape index (κ3) is 4.24. The molecule has 1 aliphatic carbocycles. The Morgan fingerprint density at radius 2 is 1.50 bits per heavy atom. The van der Waals surface area contributed by atoms with Gasteiger partial charge in [-0.2, -0.15) is 0 Å². The van der Waals surface area contributed by atoms with Gasteiger partial charge in [-0.3, -0.25) is 0 Å². The summed E-state index contributed by atoms with van der Waals surface area (Å²) in [7, 11) is 0. The van der Waals surface area contributed by atoms with Gasteiger partial charge in [-0.15, -0.1) is 0 Å². The van der Waals surface area contributed by atoms with Crippen LogP contribution in [0.2, 0.25) is 0 Å². The van der Waals surface area contributed by atoms with Crippen LogP contribution in [0, 0.1) is 29.2 Å². The molecule has 0 bridgehead atoms. The first-order chi connectivity index (χ1) is 13.2. The van der Waals surface area contributed by atoms with Crippen molar-refractivity contribution in [1.82, 2.24) is 0 Å². The lowest BCUT2D eigenvalue weighted by Crippen LogP contribution is -2.32. The van der Waals surface area contributed by atoms with Gasteiger partial charge in [0.1, 0.15) is 0 Å². The van der Waals surface area contributed by atoms with E-state index in [9.17, 15) is 22.7 Å². The summed E-state index contributed by atoms with van der Waals surface area (Å²) in [5.74, 6) is -3.42. The van der Waals surface area contributed by atoms with Gasteiger partial charge < -0.3 is 5.11 Å². The van der Waals surface area contributed by atoms with Crippen LogP contribution in [0.4, 0.5) is 17.6 Å². The predicted octanol–water partition coefficient (Wildman–Crippen LogP) is 6.18. The molecule has 1 aliphatic rings. The number of rotatable bonds is 5. The second-order valence-electron chi connectivity index (χ2n) is 8.13. The van der Waals surface area contributed by atoms with Crippen LogP contribution < -0.4 is 0 Å². The number of hydrogen-bond acceptors (Lipinski definition) is 1. The van der Waals surface area contributed by atoms with E-state index < -0.39 is 28.9 Å². The van der Waals surface area contributed by atoms with Gasteiger partial charge >= 0.3 is 0 Å². The monoisotopic (exact) mass is 394 g/mol. The van der Waals surface area contributed by atoms with E-state index in [1.807, 2.05) is 6.92 Å². The lowest BCUT2D eigenvalue weighted by Gasteiger charge is -2.35. The van der Waals surface area contributed by atoms with E-state index in [-0.39, 0.29) is 17.5 Å². The molecule has 0 radical (unpaired) electrons. The minimum atomic E-state index is -1.39. The van der Waals surface area contributed by atoms with Gasteiger partial charge in [0, 0.05) is 5.56 Å². The molecule has 2 aromatic rings. The second kappa shape index (κ2) is 8.24. The first kappa shape index (κ1) is 20.8. The van der Waals surface area contributed by atoms with Crippen LogP contribution in [-0.4, -0.2) is 5.11 Å². The largest absolute Gasteiger partial charge is 0.385 e. The molecule has 0 atom stereocenters. The molecule has 1 nitrogen and oxygen atoms in total. The van der Waals surface area contributed by atoms with Crippen LogP contribution in [0.5, 0.6) is 0 Å². The second-order valence-corrected chi connectivity index (χ2v) is 8.13. The van der Waals surface area contributed by atoms with Crippen LogP contribution in [0.15, 0.2) is 24.3 Å². The summed E-state index contributed by atoms with van der Waals surface area (Å²) in [4.78, 5) is 0. The Labute approximate surface area is 163 Å². The minimum absolute atomic E-state index is 0.0363. The molecule has 0 spiro atoms. The fourth-order valence-electron chi connectivity index (χ4n) is 4.09. The molecule has 0 amide bonds. The van der Waals surface area contributed by atoms with Crippen molar-refractivity contribution < 1.29 is 22.7 Å². The standard InChI is InChI=1S/C23H26F4O/c1-3-4-17-10-15(12-19(24)21(17)26)9-16-11-18(22(27)20(25)13-16)23(28)7-5-14(2)6-8-23/h10-14,28H,3-9H2,1-2H3. The molecular formula is C23H26F4O. The first-order valence-electron chi connectivity index (χ1n) is 9.91. The quantitative estimate of drug-likeness (QED) is 0.600. The highest BCUT2D eigenvalue weighted by Gasteiger charge is 2.36. The summed E-state index contributed by atoms with van der Waals surface area (Å²) < 4.78 is 56.6. The van der Waals surface area contributed by atoms with Crippen molar-refractivity contribution in [2.75, 3.05) is 0 Å². The van der Waals surface area contributed by atoms with Crippen LogP contribution in [0.25, 0.3) is 0 Å². The average Bonchev–Trinajstić information content (AvgIpc) is 2.65. The first-order valence-corrected chi connectivity index (χ1v) is 9.91. The van der Waals surface area contributed by atoms with E-state index in [1.54, 1.807) is 6.07 Å². The Morgan fingerprint density at radius 3 is 2.11 bits per heavy atom. The van der Waals surface area contributed by atoms with E-state index in [0.717, 1.165) is 25.0 Å². The van der Waals surface area contributed by atoms with Crippen molar-refractivity contribution in [3.8, 4) is 0 Å². The smallest absolute Gasteiger partial charge is 0.164 e. The van der Waals surface area contributed by atoms with Gasteiger partial charge in [0.2, 0.25) is 0 Å². The molecule has 1 saturated carbocycles. The molecule has 28 heavy (non-hydrogen) atoms. The van der Waals surface area contributed by atoms with Crippen molar-refractivity contribution in [1.29, 1.82) is 0 Å². The molecule has 2 aromatic carbocycles. The Balaban J connectivity index is 1.95. The highest BCUT2D eigenvalue weighted by molar-refractivity contribution is 5.36. The molecular weight excluding hydrogens is 368 g/mol. The van der Waals surface area contributed by atoms with Crippen molar-refractivity contribution in [3.05, 3.63) is 69.8 Å². The SMILES string of the molecule is CCCc1cc(Cc2cc(F)c(F)c(C3(O)CCC(C)CC3)c2)cc(F)c1F. The van der Waals surface area contributed by atoms with Gasteiger partial charge in [0.25, 0.3) is 0 Å². The topological polar surface area (TPSA) is 20.2 Å². The van der Waals surface area contributed by atoms with Crippen LogP contribution in [0.1, 0.15) is 68.2 Å². The number of halogens is 4. The van der Waals surface area contributed by atoms with E-state index in [0.29, 0.717) is 42.7 Å². The maximum Gasteiger partial charge on any atom is 0.164 e. The summed E-state index contributed by atoms with van der Waals surface area (Å²) in [6, 6.07) is 5.19. The zero-order chi connectivity index (χ0) is 20.5. The van der Waals surface area contributed by atoms with Crippen molar-refractivity contribution in [3.63, 3.8) is 0 Å². The highest BCUT2D eigenvalue weighted by atomic mass is 19.2. The lowest BCUT2D eigenvalue weighted by atomic mass is 9.75. The molecule has 0 unspecified atom stereocenters. The number of aliphatic hydroxyl groups is 1. The Morgan fingerprint density at radius 1 is 0.929 bits per heavy atom. The molecule has 1 fully saturated rings. The number of benzene rings is 2. The van der Waals surface area contributed by atoms with Gasteiger partial charge in [0.15, 0.2) is 23.3 Å². The molecule has 0 aliphatic heterocycles. The normalized spacial score (nSPS) is 22.5. The Hall–Kier alpha value is -1.88. The maximum absolute atomic E-state index is 14.5. The minimum Gasteiger partial charge on any atom is -0.385 e. The van der Waals surface area contributed by atoms with Crippen LogP contribution in [0.3, 0.4) is 0 Å². The summed E-state index contributed by atoms with van der Waals surface area (Å²) in [6.45, 7) is 3.95. The van der Waals surface area contributed by atoms with Crippen LogP contribution in [-0.2, 0) is 18.4 Å². The maximum atomic E-state index is 14.5. The van der Waals surface area contributed by atoms with E-state index in [4.69, 9.17) is 0 Å². The average molecular weight is 394 g/mol. The molecule has 0 heterocycles. The summed E-state index contributed by atoms with van der Waals surface area (Å²) in [5, 5.41) is 10.9. The molecule has 3 rings (SSSR count). The van der Waals surface area contributed by atoms with Gasteiger partial charge in [-0.1, -0.05) is 26.3 Å². The number of hydrogen-bond donors (Lipinski definition) is 1. The van der Waals surface area contributed by atoms with Crippen LogP contribution >= 0.6 is 0 Å². The van der Waals surface area contributed by atoms with Crippen molar-refractivity contribution >= 4 is 0 Å². The molecule has 1 N–H and O–H groups in total. The fraction of sp³-hybridized carbons (Fsp3) is 0.478. The highest BCUT2D eigenvalue weighted by Crippen LogP contribution is 2.41.